The molecule has 2 aromatic heterocycles. The van der Waals surface area contributed by atoms with Crippen LogP contribution in [0.3, 0.4) is 0 Å². The predicted octanol–water partition coefficient (Wildman–Crippen LogP) is 3.34. The zero-order valence-electron chi connectivity index (χ0n) is 20.3. The summed E-state index contributed by atoms with van der Waals surface area (Å²) in [5.41, 5.74) is 3.10. The number of nitrogens with zero attached hydrogens (tertiary/aromatic N) is 2. The standard InChI is InChI=1S/C27H24FN7O3/c1-15-23(26(37)33-19-3-5-22-18(12-19)14-31-35-22)24(34-27(38)32-15)17-2-4-21(28)20(13-17)25(36)30-11-8-16-6-9-29-10-7-16/h2-7,9-10,12-14,24H,8,11H2,1H3,(H,30,36)(H,31,35)(H,33,37)(H2,32,34,38). The van der Waals surface area contributed by atoms with Crippen molar-refractivity contribution in [3.05, 3.63) is 101 Å². The van der Waals surface area contributed by atoms with Gasteiger partial charge in [0.25, 0.3) is 11.8 Å². The number of pyridine rings is 1. The molecule has 0 radical (unpaired) electrons. The molecule has 4 aromatic rings. The lowest BCUT2D eigenvalue weighted by atomic mass is 9.93. The first-order chi connectivity index (χ1) is 18.4. The van der Waals surface area contributed by atoms with Crippen LogP contribution in [-0.4, -0.2) is 39.6 Å². The Bertz CT molecular complexity index is 1570. The van der Waals surface area contributed by atoms with Gasteiger partial charge in [-0.15, -0.1) is 0 Å². The SMILES string of the molecule is CC1=C(C(=O)Nc2ccc3[nH]ncc3c2)C(c2ccc(F)c(C(=O)NCCc3ccncc3)c2)NC(=O)N1. The zero-order valence-corrected chi connectivity index (χ0v) is 20.3. The van der Waals surface area contributed by atoms with Crippen LogP contribution in [0.25, 0.3) is 10.9 Å². The van der Waals surface area contributed by atoms with E-state index in [1.807, 2.05) is 12.1 Å². The first kappa shape index (κ1) is 24.6. The van der Waals surface area contributed by atoms with Crippen molar-refractivity contribution < 1.29 is 18.8 Å². The van der Waals surface area contributed by atoms with Gasteiger partial charge in [0.2, 0.25) is 0 Å². The quantitative estimate of drug-likeness (QED) is 0.258. The second kappa shape index (κ2) is 10.5. The predicted molar refractivity (Wildman–Crippen MR) is 139 cm³/mol. The first-order valence-electron chi connectivity index (χ1n) is 11.9. The molecule has 1 unspecified atom stereocenters. The van der Waals surface area contributed by atoms with E-state index in [0.29, 0.717) is 29.9 Å². The second-order valence-corrected chi connectivity index (χ2v) is 8.80. The highest BCUT2D eigenvalue weighted by atomic mass is 19.1. The van der Waals surface area contributed by atoms with Gasteiger partial charge in [0.15, 0.2) is 0 Å². The van der Waals surface area contributed by atoms with Gasteiger partial charge in [-0.05, 0) is 66.9 Å². The number of aromatic nitrogens is 3. The molecule has 3 heterocycles. The fraction of sp³-hybridized carbons (Fsp3) is 0.148. The number of halogens is 1. The average Bonchev–Trinajstić information content (AvgIpc) is 3.37. The van der Waals surface area contributed by atoms with Gasteiger partial charge in [0.05, 0.1) is 28.9 Å². The Morgan fingerprint density at radius 2 is 1.87 bits per heavy atom. The van der Waals surface area contributed by atoms with Crippen LogP contribution in [0.4, 0.5) is 14.9 Å². The maximum absolute atomic E-state index is 14.7. The Balaban J connectivity index is 1.37. The molecular formula is C27H24FN7O3. The summed E-state index contributed by atoms with van der Waals surface area (Å²) in [7, 11) is 0. The third kappa shape index (κ3) is 5.21. The zero-order chi connectivity index (χ0) is 26.6. The van der Waals surface area contributed by atoms with Crippen LogP contribution < -0.4 is 21.3 Å². The summed E-state index contributed by atoms with van der Waals surface area (Å²) in [6.45, 7) is 1.90. The van der Waals surface area contributed by atoms with E-state index in [9.17, 15) is 18.8 Å². The fourth-order valence-corrected chi connectivity index (χ4v) is 4.33. The van der Waals surface area contributed by atoms with Gasteiger partial charge < -0.3 is 21.3 Å². The van der Waals surface area contributed by atoms with Gasteiger partial charge in [-0.25, -0.2) is 9.18 Å². The molecule has 0 bridgehead atoms. The van der Waals surface area contributed by atoms with E-state index in [1.54, 1.807) is 43.7 Å². The van der Waals surface area contributed by atoms with Crippen molar-refractivity contribution in [3.8, 4) is 0 Å². The van der Waals surface area contributed by atoms with Gasteiger partial charge in [-0.2, -0.15) is 5.10 Å². The monoisotopic (exact) mass is 513 g/mol. The van der Waals surface area contributed by atoms with Crippen LogP contribution in [0.1, 0.15) is 34.5 Å². The molecule has 0 aliphatic carbocycles. The molecule has 0 spiro atoms. The smallest absolute Gasteiger partial charge is 0.319 e. The molecule has 4 amide bonds. The summed E-state index contributed by atoms with van der Waals surface area (Å²) in [4.78, 5) is 42.4. The van der Waals surface area contributed by atoms with E-state index < -0.39 is 29.7 Å². The summed E-state index contributed by atoms with van der Waals surface area (Å²) in [6, 6.07) is 11.5. The highest BCUT2D eigenvalue weighted by molar-refractivity contribution is 6.07. The largest absolute Gasteiger partial charge is 0.352 e. The summed E-state index contributed by atoms with van der Waals surface area (Å²) in [5.74, 6) is -1.77. The van der Waals surface area contributed by atoms with Crippen LogP contribution in [0.5, 0.6) is 0 Å². The number of urea groups is 1. The van der Waals surface area contributed by atoms with Crippen LogP contribution in [-0.2, 0) is 11.2 Å². The highest BCUT2D eigenvalue weighted by Gasteiger charge is 2.32. The molecule has 2 aromatic carbocycles. The molecule has 5 rings (SSSR count). The number of hydrogen-bond acceptors (Lipinski definition) is 5. The topological polar surface area (TPSA) is 141 Å². The minimum Gasteiger partial charge on any atom is -0.352 e. The maximum atomic E-state index is 14.7. The van der Waals surface area contributed by atoms with Crippen molar-refractivity contribution in [3.63, 3.8) is 0 Å². The van der Waals surface area contributed by atoms with Crippen LogP contribution in [0.15, 0.2) is 78.4 Å². The molecule has 10 nitrogen and oxygen atoms in total. The second-order valence-electron chi connectivity index (χ2n) is 8.80. The van der Waals surface area contributed by atoms with Crippen molar-refractivity contribution >= 4 is 34.4 Å². The van der Waals surface area contributed by atoms with Crippen molar-refractivity contribution in [2.24, 2.45) is 0 Å². The van der Waals surface area contributed by atoms with Crippen molar-refractivity contribution in [1.82, 2.24) is 31.1 Å². The fourth-order valence-electron chi connectivity index (χ4n) is 4.33. The Kier molecular flexibility index (Phi) is 6.81. The Morgan fingerprint density at radius 1 is 1.05 bits per heavy atom. The molecule has 1 aliphatic heterocycles. The molecular weight excluding hydrogens is 489 g/mol. The minimum absolute atomic E-state index is 0.187. The molecule has 0 saturated carbocycles. The number of benzene rings is 2. The number of allylic oxidation sites excluding steroid dienone is 1. The molecule has 192 valence electrons. The van der Waals surface area contributed by atoms with Crippen molar-refractivity contribution in [2.75, 3.05) is 11.9 Å². The first-order valence-corrected chi connectivity index (χ1v) is 11.9. The third-order valence-electron chi connectivity index (χ3n) is 6.23. The number of anilines is 1. The van der Waals surface area contributed by atoms with Gasteiger partial charge in [-0.1, -0.05) is 6.07 Å². The normalized spacial score (nSPS) is 15.1. The highest BCUT2D eigenvalue weighted by Crippen LogP contribution is 2.29. The van der Waals surface area contributed by atoms with Crippen LogP contribution in [0.2, 0.25) is 0 Å². The number of hydrogen-bond donors (Lipinski definition) is 5. The van der Waals surface area contributed by atoms with Gasteiger partial charge in [-0.3, -0.25) is 19.7 Å². The average molecular weight is 514 g/mol. The summed E-state index contributed by atoms with van der Waals surface area (Å²) in [5, 5.41) is 18.5. The number of rotatable bonds is 7. The number of aromatic amines is 1. The Hall–Kier alpha value is -5.06. The van der Waals surface area contributed by atoms with Crippen molar-refractivity contribution in [2.45, 2.75) is 19.4 Å². The van der Waals surface area contributed by atoms with E-state index in [1.165, 1.54) is 12.1 Å². The van der Waals surface area contributed by atoms with E-state index in [0.717, 1.165) is 22.5 Å². The van der Waals surface area contributed by atoms with Gasteiger partial charge in [0, 0.05) is 35.7 Å². The van der Waals surface area contributed by atoms with E-state index in [2.05, 4.69) is 36.4 Å². The molecule has 11 heteroatoms. The van der Waals surface area contributed by atoms with Gasteiger partial charge in [0.1, 0.15) is 5.82 Å². The molecule has 1 aliphatic rings. The van der Waals surface area contributed by atoms with Gasteiger partial charge >= 0.3 is 6.03 Å². The lowest BCUT2D eigenvalue weighted by molar-refractivity contribution is -0.113. The summed E-state index contributed by atoms with van der Waals surface area (Å²) < 4.78 is 14.7. The maximum Gasteiger partial charge on any atom is 0.319 e. The summed E-state index contributed by atoms with van der Waals surface area (Å²) in [6.07, 6.45) is 5.51. The number of nitrogens with one attached hydrogen (secondary N) is 5. The molecule has 0 fully saturated rings. The lowest BCUT2D eigenvalue weighted by Crippen LogP contribution is -2.46. The van der Waals surface area contributed by atoms with Crippen LogP contribution in [0, 0.1) is 5.82 Å². The van der Waals surface area contributed by atoms with E-state index >= 15 is 0 Å². The molecule has 38 heavy (non-hydrogen) atoms. The number of H-pyrrole nitrogens is 1. The molecule has 5 N–H and O–H groups in total. The lowest BCUT2D eigenvalue weighted by Gasteiger charge is -2.29. The van der Waals surface area contributed by atoms with E-state index in [4.69, 9.17) is 0 Å². The number of carbonyl (C=O) groups excluding carboxylic acids is 3. The molecule has 0 saturated heterocycles. The van der Waals surface area contributed by atoms with E-state index in [-0.39, 0.29) is 11.1 Å². The number of carbonyl (C=O) groups is 3. The number of fused-ring (bicyclic) bond motifs is 1. The molecule has 1 atom stereocenters. The third-order valence-corrected chi connectivity index (χ3v) is 6.23. The van der Waals surface area contributed by atoms with Crippen molar-refractivity contribution in [1.29, 1.82) is 0 Å². The Morgan fingerprint density at radius 3 is 2.68 bits per heavy atom. The number of amides is 4. The minimum atomic E-state index is -0.912. The summed E-state index contributed by atoms with van der Waals surface area (Å²) >= 11 is 0. The van der Waals surface area contributed by atoms with Crippen LogP contribution >= 0.6 is 0 Å². The Labute approximate surface area is 216 Å².